The molecule has 1 aromatic heterocycles. The Morgan fingerprint density at radius 3 is 2.50 bits per heavy atom. The van der Waals surface area contributed by atoms with E-state index in [1.54, 1.807) is 0 Å². The Labute approximate surface area is 196 Å². The van der Waals surface area contributed by atoms with E-state index in [0.29, 0.717) is 21.8 Å². The molecule has 0 radical (unpaired) electrons. The van der Waals surface area contributed by atoms with E-state index >= 15 is 0 Å². The number of hydrogen-bond donors (Lipinski definition) is 0. The fourth-order valence-corrected chi connectivity index (χ4v) is 4.91. The van der Waals surface area contributed by atoms with E-state index in [1.165, 1.54) is 17.3 Å². The van der Waals surface area contributed by atoms with Crippen LogP contribution in [0.4, 0.5) is 5.69 Å². The smallest absolute Gasteiger partial charge is 0.237 e. The zero-order valence-electron chi connectivity index (χ0n) is 17.3. The molecule has 0 atom stereocenters. The summed E-state index contributed by atoms with van der Waals surface area (Å²) in [6, 6.07) is 25.6. The van der Waals surface area contributed by atoms with Crippen LogP contribution in [0.3, 0.4) is 0 Å². The molecule has 5 rings (SSSR count). The third-order valence-electron chi connectivity index (χ3n) is 5.49. The Kier molecular flexibility index (Phi) is 5.97. The monoisotopic (exact) mass is 460 g/mol. The molecule has 0 spiro atoms. The largest absolute Gasteiger partial charge is 0.311 e. The maximum atomic E-state index is 13.1. The number of amides is 1. The molecule has 32 heavy (non-hydrogen) atoms. The van der Waals surface area contributed by atoms with Crippen LogP contribution in [0.5, 0.6) is 0 Å². The number of hydrogen-bond acceptors (Lipinski definition) is 4. The van der Waals surface area contributed by atoms with E-state index in [4.69, 9.17) is 11.6 Å². The zero-order chi connectivity index (χ0) is 21.9. The average molecular weight is 461 g/mol. The van der Waals surface area contributed by atoms with Gasteiger partial charge < -0.3 is 4.90 Å². The lowest BCUT2D eigenvalue weighted by Crippen LogP contribution is -2.36. The number of para-hydroxylation sites is 2. The van der Waals surface area contributed by atoms with Gasteiger partial charge >= 0.3 is 0 Å². The van der Waals surface area contributed by atoms with Crippen molar-refractivity contribution in [2.24, 2.45) is 0 Å². The van der Waals surface area contributed by atoms with Gasteiger partial charge in [-0.25, -0.2) is 0 Å². The number of carbonyl (C=O) groups excluding carboxylic acids is 1. The lowest BCUT2D eigenvalue weighted by Gasteiger charge is -2.29. The van der Waals surface area contributed by atoms with Gasteiger partial charge in [-0.15, -0.1) is 10.2 Å². The molecule has 7 heteroatoms. The highest BCUT2D eigenvalue weighted by molar-refractivity contribution is 7.99. The van der Waals surface area contributed by atoms with E-state index in [1.807, 2.05) is 82.3 Å². The highest BCUT2D eigenvalue weighted by Gasteiger charge is 2.23. The summed E-state index contributed by atoms with van der Waals surface area (Å²) in [5.41, 5.74) is 4.11. The van der Waals surface area contributed by atoms with Crippen LogP contribution in [-0.2, 0) is 11.2 Å². The molecule has 0 unspecified atom stereocenters. The van der Waals surface area contributed by atoms with Gasteiger partial charge in [-0.2, -0.15) is 0 Å². The van der Waals surface area contributed by atoms with Gasteiger partial charge in [0.05, 0.1) is 5.75 Å². The van der Waals surface area contributed by atoms with E-state index < -0.39 is 0 Å². The SMILES string of the molecule is O=C(CSc1nnc(-c2ccc(Cl)cc2)n1-c1ccccc1)N1CCCc2ccccc21. The molecule has 1 aliphatic rings. The molecule has 0 N–H and O–H groups in total. The third-order valence-corrected chi connectivity index (χ3v) is 6.65. The van der Waals surface area contributed by atoms with Crippen LogP contribution in [0.25, 0.3) is 17.1 Å². The number of aromatic nitrogens is 3. The number of fused-ring (bicyclic) bond motifs is 1. The molecule has 3 aromatic carbocycles. The molecule has 1 amide bonds. The molecule has 0 fully saturated rings. The molecule has 4 aromatic rings. The van der Waals surface area contributed by atoms with Crippen molar-refractivity contribution >= 4 is 35.0 Å². The minimum atomic E-state index is 0.0813. The topological polar surface area (TPSA) is 51.0 Å². The molecule has 0 aliphatic carbocycles. The summed E-state index contributed by atoms with van der Waals surface area (Å²) in [5.74, 6) is 1.09. The predicted molar refractivity (Wildman–Crippen MR) is 130 cm³/mol. The van der Waals surface area contributed by atoms with Crippen molar-refractivity contribution in [2.75, 3.05) is 17.2 Å². The quantitative estimate of drug-likeness (QED) is 0.360. The summed E-state index contributed by atoms with van der Waals surface area (Å²) in [7, 11) is 0. The van der Waals surface area contributed by atoms with Gasteiger partial charge in [0.1, 0.15) is 0 Å². The normalized spacial score (nSPS) is 13.1. The van der Waals surface area contributed by atoms with Crippen LogP contribution < -0.4 is 4.90 Å². The van der Waals surface area contributed by atoms with Crippen molar-refractivity contribution in [3.63, 3.8) is 0 Å². The van der Waals surface area contributed by atoms with Gasteiger partial charge in [-0.05, 0) is 60.9 Å². The molecule has 0 saturated heterocycles. The maximum absolute atomic E-state index is 13.1. The standard InChI is InChI=1S/C25H21ClN4OS/c26-20-14-12-19(13-15-20)24-27-28-25(30(24)21-9-2-1-3-10-21)32-17-23(31)29-16-6-8-18-7-4-5-11-22(18)29/h1-5,7,9-15H,6,8,16-17H2. The minimum Gasteiger partial charge on any atom is -0.311 e. The summed E-state index contributed by atoms with van der Waals surface area (Å²) < 4.78 is 1.99. The summed E-state index contributed by atoms with van der Waals surface area (Å²) in [4.78, 5) is 15.0. The van der Waals surface area contributed by atoms with E-state index in [-0.39, 0.29) is 5.91 Å². The molecule has 160 valence electrons. The van der Waals surface area contributed by atoms with E-state index in [0.717, 1.165) is 36.3 Å². The minimum absolute atomic E-state index is 0.0813. The highest BCUT2D eigenvalue weighted by Crippen LogP contribution is 2.31. The summed E-state index contributed by atoms with van der Waals surface area (Å²) in [6.45, 7) is 0.748. The van der Waals surface area contributed by atoms with Crippen LogP contribution in [0.2, 0.25) is 5.02 Å². The van der Waals surface area contributed by atoms with E-state index in [9.17, 15) is 4.79 Å². The summed E-state index contributed by atoms with van der Waals surface area (Å²) >= 11 is 7.48. The Morgan fingerprint density at radius 1 is 0.938 bits per heavy atom. The lowest BCUT2D eigenvalue weighted by atomic mass is 10.0. The van der Waals surface area contributed by atoms with Crippen molar-refractivity contribution < 1.29 is 4.79 Å². The second kappa shape index (κ2) is 9.18. The number of carbonyl (C=O) groups is 1. The van der Waals surface area contributed by atoms with Gasteiger partial charge in [-0.1, -0.05) is 59.8 Å². The molecular formula is C25H21ClN4OS. The number of halogens is 1. The number of thioether (sulfide) groups is 1. The number of nitrogens with zero attached hydrogens (tertiary/aromatic N) is 4. The first-order chi connectivity index (χ1) is 15.7. The first kappa shape index (κ1) is 20.8. The summed E-state index contributed by atoms with van der Waals surface area (Å²) in [6.07, 6.45) is 1.99. The van der Waals surface area contributed by atoms with E-state index in [2.05, 4.69) is 16.3 Å². The summed E-state index contributed by atoms with van der Waals surface area (Å²) in [5, 5.41) is 10.2. The molecule has 2 heterocycles. The van der Waals surface area contributed by atoms with Crippen molar-refractivity contribution in [3.8, 4) is 17.1 Å². The van der Waals surface area contributed by atoms with Crippen molar-refractivity contribution in [2.45, 2.75) is 18.0 Å². The first-order valence-electron chi connectivity index (χ1n) is 10.5. The first-order valence-corrected chi connectivity index (χ1v) is 11.8. The van der Waals surface area contributed by atoms with Gasteiger partial charge in [0.15, 0.2) is 11.0 Å². The van der Waals surface area contributed by atoms with Gasteiger partial charge in [-0.3, -0.25) is 9.36 Å². The van der Waals surface area contributed by atoms with Crippen LogP contribution in [-0.4, -0.2) is 33.0 Å². The number of anilines is 1. The fraction of sp³-hybridized carbons (Fsp3) is 0.160. The molecule has 0 bridgehead atoms. The van der Waals surface area contributed by atoms with Crippen molar-refractivity contribution in [1.82, 2.24) is 14.8 Å². The predicted octanol–water partition coefficient (Wildman–Crippen LogP) is 5.66. The average Bonchev–Trinajstić information content (AvgIpc) is 3.27. The molecular weight excluding hydrogens is 440 g/mol. The molecule has 0 saturated carbocycles. The Hall–Kier alpha value is -3.09. The molecule has 1 aliphatic heterocycles. The zero-order valence-corrected chi connectivity index (χ0v) is 18.9. The Balaban J connectivity index is 1.43. The van der Waals surface area contributed by atoms with Gasteiger partial charge in [0, 0.05) is 28.5 Å². The fourth-order valence-electron chi connectivity index (χ4n) is 3.96. The van der Waals surface area contributed by atoms with Crippen molar-refractivity contribution in [1.29, 1.82) is 0 Å². The number of benzene rings is 3. The highest BCUT2D eigenvalue weighted by atomic mass is 35.5. The Morgan fingerprint density at radius 2 is 1.69 bits per heavy atom. The maximum Gasteiger partial charge on any atom is 0.237 e. The number of rotatable bonds is 5. The van der Waals surface area contributed by atoms with Crippen molar-refractivity contribution in [3.05, 3.63) is 89.4 Å². The van der Waals surface area contributed by atoms with Crippen LogP contribution in [0.1, 0.15) is 12.0 Å². The van der Waals surface area contributed by atoms with Crippen LogP contribution in [0, 0.1) is 0 Å². The number of aryl methyl sites for hydroxylation is 1. The third kappa shape index (κ3) is 4.16. The van der Waals surface area contributed by atoms with Crippen LogP contribution in [0.15, 0.2) is 84.0 Å². The second-order valence-electron chi connectivity index (χ2n) is 7.55. The molecule has 5 nitrogen and oxygen atoms in total. The second-order valence-corrected chi connectivity index (χ2v) is 8.93. The van der Waals surface area contributed by atoms with Gasteiger partial charge in [0.25, 0.3) is 0 Å². The lowest BCUT2D eigenvalue weighted by molar-refractivity contribution is -0.116. The van der Waals surface area contributed by atoms with Crippen LogP contribution >= 0.6 is 23.4 Å². The van der Waals surface area contributed by atoms with Gasteiger partial charge in [0.2, 0.25) is 5.91 Å². The Bertz CT molecular complexity index is 1240.